The fraction of sp³-hybridized carbons (Fsp3) is 0.136. The first-order valence-corrected chi connectivity index (χ1v) is 8.71. The van der Waals surface area contributed by atoms with Gasteiger partial charge in [-0.1, -0.05) is 54.6 Å². The van der Waals surface area contributed by atoms with Gasteiger partial charge in [0.25, 0.3) is 5.91 Å². The van der Waals surface area contributed by atoms with Gasteiger partial charge in [-0.2, -0.15) is 0 Å². The van der Waals surface area contributed by atoms with E-state index >= 15 is 0 Å². The number of hydrogen-bond donors (Lipinski definition) is 1. The Morgan fingerprint density at radius 3 is 2.41 bits per heavy atom. The molecule has 1 amide bonds. The number of para-hydroxylation sites is 1. The van der Waals surface area contributed by atoms with Gasteiger partial charge in [0.2, 0.25) is 0 Å². The Hall–Kier alpha value is -3.31. The normalized spacial score (nSPS) is 18.4. The molecule has 27 heavy (non-hydrogen) atoms. The molecule has 2 aromatic carbocycles. The van der Waals surface area contributed by atoms with Crippen LogP contribution in [0, 0.1) is 0 Å². The van der Waals surface area contributed by atoms with Crippen molar-refractivity contribution in [2.45, 2.75) is 18.6 Å². The van der Waals surface area contributed by atoms with Gasteiger partial charge >= 0.3 is 0 Å². The van der Waals surface area contributed by atoms with Gasteiger partial charge in [0.15, 0.2) is 11.4 Å². The number of Topliss-reactive ketones (excluding diaryl/α,β-unsaturated/α-hetero) is 1. The molecule has 1 atom stereocenters. The van der Waals surface area contributed by atoms with E-state index in [1.165, 1.54) is 11.1 Å². The second-order valence-electron chi connectivity index (χ2n) is 6.57. The number of aromatic nitrogens is 1. The van der Waals surface area contributed by atoms with Crippen LogP contribution in [-0.4, -0.2) is 21.8 Å². The summed E-state index contributed by atoms with van der Waals surface area (Å²) in [7, 11) is 0. The first kappa shape index (κ1) is 17.1. The largest absolute Gasteiger partial charge is 0.375 e. The van der Waals surface area contributed by atoms with Crippen molar-refractivity contribution in [2.75, 3.05) is 4.90 Å². The summed E-state index contributed by atoms with van der Waals surface area (Å²) < 4.78 is 0. The molecule has 0 aliphatic carbocycles. The van der Waals surface area contributed by atoms with E-state index in [9.17, 15) is 14.7 Å². The first-order chi connectivity index (χ1) is 13.1. The Balaban J connectivity index is 1.69. The summed E-state index contributed by atoms with van der Waals surface area (Å²) in [6.07, 6.45) is 1.18. The predicted octanol–water partition coefficient (Wildman–Crippen LogP) is 3.09. The Bertz CT molecular complexity index is 989. The van der Waals surface area contributed by atoms with Gasteiger partial charge in [0.1, 0.15) is 5.69 Å². The molecule has 0 unspecified atom stereocenters. The zero-order chi connectivity index (χ0) is 18.9. The highest BCUT2D eigenvalue weighted by Crippen LogP contribution is 2.43. The van der Waals surface area contributed by atoms with Crippen LogP contribution in [0.5, 0.6) is 0 Å². The molecule has 1 N–H and O–H groups in total. The molecule has 5 heteroatoms. The van der Waals surface area contributed by atoms with Crippen LogP contribution >= 0.6 is 0 Å². The maximum atomic E-state index is 13.2. The number of benzene rings is 2. The summed E-state index contributed by atoms with van der Waals surface area (Å²) >= 11 is 0. The topological polar surface area (TPSA) is 70.5 Å². The second-order valence-corrected chi connectivity index (χ2v) is 6.57. The second kappa shape index (κ2) is 6.78. The van der Waals surface area contributed by atoms with Crippen molar-refractivity contribution in [3.63, 3.8) is 0 Å². The summed E-state index contributed by atoms with van der Waals surface area (Å²) in [5, 5.41) is 11.3. The van der Waals surface area contributed by atoms with Crippen LogP contribution in [0.4, 0.5) is 5.69 Å². The fourth-order valence-corrected chi connectivity index (χ4v) is 3.45. The number of hydrogen-bond acceptors (Lipinski definition) is 4. The van der Waals surface area contributed by atoms with Gasteiger partial charge in [-0.15, -0.1) is 0 Å². The minimum absolute atomic E-state index is 0.234. The minimum atomic E-state index is -1.89. The van der Waals surface area contributed by atoms with Crippen LogP contribution in [0.3, 0.4) is 0 Å². The van der Waals surface area contributed by atoms with E-state index in [2.05, 4.69) is 4.98 Å². The van der Waals surface area contributed by atoms with Crippen LogP contribution in [-0.2, 0) is 16.9 Å². The number of nitrogens with zero attached hydrogens (tertiary/aromatic N) is 2. The number of rotatable bonds is 5. The Labute approximate surface area is 156 Å². The van der Waals surface area contributed by atoms with Gasteiger partial charge < -0.3 is 10.0 Å². The molecule has 0 saturated carbocycles. The molecule has 0 bridgehead atoms. The molecule has 0 spiro atoms. The summed E-state index contributed by atoms with van der Waals surface area (Å²) in [5.74, 6) is -0.861. The minimum Gasteiger partial charge on any atom is -0.375 e. The Morgan fingerprint density at radius 2 is 1.67 bits per heavy atom. The molecular formula is C22H18N2O3. The van der Waals surface area contributed by atoms with Gasteiger partial charge in [-0.3, -0.25) is 14.6 Å². The molecule has 0 saturated heterocycles. The third-order valence-electron chi connectivity index (χ3n) is 4.79. The van der Waals surface area contributed by atoms with Crippen molar-refractivity contribution in [2.24, 2.45) is 0 Å². The van der Waals surface area contributed by atoms with Crippen molar-refractivity contribution in [3.05, 3.63) is 95.8 Å². The number of anilines is 1. The molecule has 134 valence electrons. The molecule has 4 rings (SSSR count). The molecular weight excluding hydrogens is 340 g/mol. The highest BCUT2D eigenvalue weighted by molar-refractivity contribution is 6.10. The molecule has 1 aliphatic rings. The summed E-state index contributed by atoms with van der Waals surface area (Å²) in [6, 6.07) is 21.6. The molecule has 2 heterocycles. The first-order valence-electron chi connectivity index (χ1n) is 8.71. The van der Waals surface area contributed by atoms with Gasteiger partial charge in [-0.05, 0) is 23.8 Å². The lowest BCUT2D eigenvalue weighted by Crippen LogP contribution is -2.41. The number of aliphatic hydroxyl groups is 1. The van der Waals surface area contributed by atoms with Crippen molar-refractivity contribution in [1.82, 2.24) is 4.98 Å². The van der Waals surface area contributed by atoms with Gasteiger partial charge in [0, 0.05) is 11.8 Å². The lowest BCUT2D eigenvalue weighted by molar-refractivity contribution is -0.136. The fourth-order valence-electron chi connectivity index (χ4n) is 3.45. The third kappa shape index (κ3) is 3.02. The number of pyridine rings is 1. The van der Waals surface area contributed by atoms with Crippen LogP contribution in [0.15, 0.2) is 79.0 Å². The zero-order valence-electron chi connectivity index (χ0n) is 14.6. The molecule has 5 nitrogen and oxygen atoms in total. The van der Waals surface area contributed by atoms with E-state index in [0.29, 0.717) is 17.8 Å². The Kier molecular flexibility index (Phi) is 4.30. The maximum Gasteiger partial charge on any atom is 0.264 e. The van der Waals surface area contributed by atoms with Crippen LogP contribution in [0.2, 0.25) is 0 Å². The third-order valence-corrected chi connectivity index (χ3v) is 4.79. The monoisotopic (exact) mass is 358 g/mol. The van der Waals surface area contributed by atoms with Crippen molar-refractivity contribution >= 4 is 17.4 Å². The van der Waals surface area contributed by atoms with Crippen LogP contribution in [0.1, 0.15) is 28.0 Å². The zero-order valence-corrected chi connectivity index (χ0v) is 14.6. The number of amides is 1. The molecule has 0 fully saturated rings. The molecule has 1 aliphatic heterocycles. The average Bonchev–Trinajstić information content (AvgIpc) is 2.92. The lowest BCUT2D eigenvalue weighted by atomic mass is 9.89. The van der Waals surface area contributed by atoms with Gasteiger partial charge in [0.05, 0.1) is 18.7 Å². The van der Waals surface area contributed by atoms with Crippen LogP contribution in [0.25, 0.3) is 0 Å². The molecule has 1 aromatic heterocycles. The number of carbonyl (C=O) groups is 2. The summed E-state index contributed by atoms with van der Waals surface area (Å²) in [5.41, 5.74) is 0.372. The van der Waals surface area contributed by atoms with E-state index in [0.717, 1.165) is 5.56 Å². The molecule has 0 radical (unpaired) electrons. The highest BCUT2D eigenvalue weighted by Gasteiger charge is 2.50. The van der Waals surface area contributed by atoms with Crippen molar-refractivity contribution in [1.29, 1.82) is 0 Å². The average molecular weight is 358 g/mol. The SMILES string of the molecule is O=C(C[C@@]1(O)C(=O)N(Cc2ccccc2)c2ccccc21)c1ccccn1. The number of fused-ring (bicyclic) bond motifs is 1. The quantitative estimate of drug-likeness (QED) is 0.712. The predicted molar refractivity (Wildman–Crippen MR) is 101 cm³/mol. The number of ketones is 1. The van der Waals surface area contributed by atoms with Crippen LogP contribution < -0.4 is 4.90 Å². The highest BCUT2D eigenvalue weighted by atomic mass is 16.3. The van der Waals surface area contributed by atoms with E-state index < -0.39 is 11.5 Å². The van der Waals surface area contributed by atoms with E-state index in [1.807, 2.05) is 36.4 Å². The van der Waals surface area contributed by atoms with Gasteiger partial charge in [-0.25, -0.2) is 0 Å². The standard InChI is InChI=1S/C22H18N2O3/c25-20(18-11-6-7-13-23-18)14-22(27)17-10-4-5-12-19(17)24(21(22)26)15-16-8-2-1-3-9-16/h1-13,27H,14-15H2/t22-/m0/s1. The Morgan fingerprint density at radius 1 is 0.963 bits per heavy atom. The van der Waals surface area contributed by atoms with E-state index in [4.69, 9.17) is 0 Å². The number of carbonyl (C=O) groups excluding carboxylic acids is 2. The summed E-state index contributed by atoms with van der Waals surface area (Å²) in [4.78, 5) is 31.4. The maximum absolute atomic E-state index is 13.2. The van der Waals surface area contributed by atoms with E-state index in [1.54, 1.807) is 36.4 Å². The molecule has 3 aromatic rings. The van der Waals surface area contributed by atoms with E-state index in [-0.39, 0.29) is 17.9 Å². The van der Waals surface area contributed by atoms with Crippen molar-refractivity contribution in [3.8, 4) is 0 Å². The smallest absolute Gasteiger partial charge is 0.264 e. The lowest BCUT2D eigenvalue weighted by Gasteiger charge is -2.22. The van der Waals surface area contributed by atoms with Crippen molar-refractivity contribution < 1.29 is 14.7 Å². The summed E-state index contributed by atoms with van der Waals surface area (Å²) in [6.45, 7) is 0.330.